The van der Waals surface area contributed by atoms with Gasteiger partial charge in [-0.15, -0.1) is 0 Å². The van der Waals surface area contributed by atoms with Gasteiger partial charge in [-0.1, -0.05) is 11.6 Å². The zero-order valence-electron chi connectivity index (χ0n) is 10.6. The van der Waals surface area contributed by atoms with Gasteiger partial charge in [-0.2, -0.15) is 0 Å². The maximum atomic E-state index is 13.7. The van der Waals surface area contributed by atoms with E-state index in [0.29, 0.717) is 5.69 Å². The van der Waals surface area contributed by atoms with Crippen molar-refractivity contribution < 1.29 is 19.1 Å². The van der Waals surface area contributed by atoms with Crippen LogP contribution >= 0.6 is 11.6 Å². The molecule has 0 heterocycles. The number of carbonyl (C=O) groups is 2. The summed E-state index contributed by atoms with van der Waals surface area (Å²) in [6, 6.07) is 7.46. The number of nitrogens with two attached hydrogens (primary N) is 1. The van der Waals surface area contributed by atoms with E-state index in [1.54, 1.807) is 0 Å². The Morgan fingerprint density at radius 3 is 2.38 bits per heavy atom. The Bertz CT molecular complexity index is 734. The van der Waals surface area contributed by atoms with Crippen LogP contribution < -0.4 is 11.1 Å². The molecule has 0 bridgehead atoms. The minimum Gasteiger partial charge on any atom is -0.478 e. The lowest BCUT2D eigenvalue weighted by molar-refractivity contribution is 0.0696. The van der Waals surface area contributed by atoms with Gasteiger partial charge in [0.05, 0.1) is 22.0 Å². The lowest BCUT2D eigenvalue weighted by atomic mass is 10.1. The number of anilines is 2. The van der Waals surface area contributed by atoms with Crippen LogP contribution in [0, 0.1) is 5.82 Å². The van der Waals surface area contributed by atoms with Gasteiger partial charge in [0.2, 0.25) is 0 Å². The summed E-state index contributed by atoms with van der Waals surface area (Å²) in [6.07, 6.45) is 0. The smallest absolute Gasteiger partial charge is 0.335 e. The molecular formula is C14H10ClFN2O3. The van der Waals surface area contributed by atoms with Crippen LogP contribution in [0.4, 0.5) is 15.8 Å². The topological polar surface area (TPSA) is 92.4 Å². The Hall–Kier alpha value is -2.60. The van der Waals surface area contributed by atoms with Crippen molar-refractivity contribution in [1.82, 2.24) is 0 Å². The number of nitrogen functional groups attached to an aromatic ring is 1. The van der Waals surface area contributed by atoms with E-state index in [0.717, 1.165) is 6.07 Å². The molecule has 0 aliphatic heterocycles. The maximum absolute atomic E-state index is 13.7. The number of nitrogens with one attached hydrogen (secondary N) is 1. The Morgan fingerprint density at radius 2 is 1.81 bits per heavy atom. The average Bonchev–Trinajstić information content (AvgIpc) is 2.43. The molecular weight excluding hydrogens is 299 g/mol. The molecule has 4 N–H and O–H groups in total. The number of amides is 1. The van der Waals surface area contributed by atoms with Crippen LogP contribution in [0.3, 0.4) is 0 Å². The summed E-state index contributed by atoms with van der Waals surface area (Å²) in [5.41, 5.74) is 5.73. The van der Waals surface area contributed by atoms with Crippen molar-refractivity contribution in [2.75, 3.05) is 11.1 Å². The predicted molar refractivity (Wildman–Crippen MR) is 77.2 cm³/mol. The van der Waals surface area contributed by atoms with E-state index in [-0.39, 0.29) is 21.8 Å². The standard InChI is InChI=1S/C14H10ClFN2O3/c15-9-5-7(1-3-11(9)17)13(19)18-12-4-2-8(14(20)21)6-10(12)16/h1-6H,17H2,(H,18,19)(H,20,21). The van der Waals surface area contributed by atoms with Gasteiger partial charge in [-0.3, -0.25) is 4.79 Å². The third-order valence-corrected chi connectivity index (χ3v) is 3.05. The van der Waals surface area contributed by atoms with Gasteiger partial charge < -0.3 is 16.2 Å². The van der Waals surface area contributed by atoms with Crippen LogP contribution in [0.15, 0.2) is 36.4 Å². The van der Waals surface area contributed by atoms with Crippen LogP contribution in [0.2, 0.25) is 5.02 Å². The molecule has 0 spiro atoms. The van der Waals surface area contributed by atoms with Crippen molar-refractivity contribution in [2.24, 2.45) is 0 Å². The summed E-state index contributed by atoms with van der Waals surface area (Å²) in [5.74, 6) is -2.68. The minimum absolute atomic E-state index is 0.127. The van der Waals surface area contributed by atoms with Crippen molar-refractivity contribution in [3.05, 3.63) is 58.4 Å². The summed E-state index contributed by atoms with van der Waals surface area (Å²) < 4.78 is 13.7. The molecule has 0 radical (unpaired) electrons. The number of aromatic carboxylic acids is 1. The van der Waals surface area contributed by atoms with Gasteiger partial charge in [0, 0.05) is 5.56 Å². The van der Waals surface area contributed by atoms with Crippen molar-refractivity contribution in [1.29, 1.82) is 0 Å². The number of hydrogen-bond donors (Lipinski definition) is 3. The molecule has 0 unspecified atom stereocenters. The molecule has 1 amide bonds. The van der Waals surface area contributed by atoms with E-state index in [4.69, 9.17) is 22.4 Å². The van der Waals surface area contributed by atoms with E-state index < -0.39 is 17.7 Å². The monoisotopic (exact) mass is 308 g/mol. The first-order valence-electron chi connectivity index (χ1n) is 5.77. The Balaban J connectivity index is 2.23. The molecule has 7 heteroatoms. The molecule has 0 saturated carbocycles. The molecule has 0 aromatic heterocycles. The van der Waals surface area contributed by atoms with Gasteiger partial charge in [-0.25, -0.2) is 9.18 Å². The number of carboxylic acids is 1. The van der Waals surface area contributed by atoms with E-state index in [2.05, 4.69) is 5.32 Å². The van der Waals surface area contributed by atoms with Gasteiger partial charge in [0.1, 0.15) is 5.82 Å². The quantitative estimate of drug-likeness (QED) is 0.760. The number of benzene rings is 2. The normalized spacial score (nSPS) is 10.2. The van der Waals surface area contributed by atoms with Crippen LogP contribution in [0.25, 0.3) is 0 Å². The van der Waals surface area contributed by atoms with Gasteiger partial charge in [0.15, 0.2) is 0 Å². The van der Waals surface area contributed by atoms with Crippen molar-refractivity contribution in [3.63, 3.8) is 0 Å². The summed E-state index contributed by atoms with van der Waals surface area (Å²) >= 11 is 5.80. The van der Waals surface area contributed by atoms with Gasteiger partial charge in [-0.05, 0) is 36.4 Å². The summed E-state index contributed by atoms with van der Waals surface area (Å²) in [6.45, 7) is 0. The van der Waals surface area contributed by atoms with Crippen molar-refractivity contribution in [3.8, 4) is 0 Å². The highest BCUT2D eigenvalue weighted by molar-refractivity contribution is 6.33. The molecule has 5 nitrogen and oxygen atoms in total. The first-order chi connectivity index (χ1) is 9.88. The largest absolute Gasteiger partial charge is 0.478 e. The first-order valence-corrected chi connectivity index (χ1v) is 6.15. The third-order valence-electron chi connectivity index (χ3n) is 2.73. The second kappa shape index (κ2) is 5.80. The third kappa shape index (κ3) is 3.29. The molecule has 2 aromatic carbocycles. The van der Waals surface area contributed by atoms with Crippen LogP contribution in [0.1, 0.15) is 20.7 Å². The second-order valence-corrected chi connectivity index (χ2v) is 4.60. The Morgan fingerprint density at radius 1 is 1.14 bits per heavy atom. The number of carbonyl (C=O) groups excluding carboxylic acids is 1. The summed E-state index contributed by atoms with van der Waals surface area (Å²) in [4.78, 5) is 22.7. The van der Waals surface area contributed by atoms with Crippen LogP contribution in [-0.4, -0.2) is 17.0 Å². The second-order valence-electron chi connectivity index (χ2n) is 4.19. The van der Waals surface area contributed by atoms with Gasteiger partial charge >= 0.3 is 5.97 Å². The highest BCUT2D eigenvalue weighted by atomic mass is 35.5. The molecule has 2 aromatic rings. The molecule has 0 fully saturated rings. The highest BCUT2D eigenvalue weighted by Crippen LogP contribution is 2.21. The maximum Gasteiger partial charge on any atom is 0.335 e. The number of rotatable bonds is 3. The predicted octanol–water partition coefficient (Wildman–Crippen LogP) is 3.01. The number of hydrogen-bond acceptors (Lipinski definition) is 3. The fourth-order valence-electron chi connectivity index (χ4n) is 1.61. The first kappa shape index (κ1) is 14.8. The molecule has 0 atom stereocenters. The fraction of sp³-hybridized carbons (Fsp3) is 0. The highest BCUT2D eigenvalue weighted by Gasteiger charge is 2.13. The molecule has 2 rings (SSSR count). The van der Waals surface area contributed by atoms with E-state index in [1.807, 2.05) is 0 Å². The summed E-state index contributed by atoms with van der Waals surface area (Å²) in [7, 11) is 0. The Labute approximate surface area is 124 Å². The molecule has 0 aliphatic carbocycles. The van der Waals surface area contributed by atoms with E-state index in [1.165, 1.54) is 30.3 Å². The Kier molecular flexibility index (Phi) is 4.09. The van der Waals surface area contributed by atoms with Crippen LogP contribution in [0.5, 0.6) is 0 Å². The fourth-order valence-corrected chi connectivity index (χ4v) is 1.79. The van der Waals surface area contributed by atoms with E-state index >= 15 is 0 Å². The summed E-state index contributed by atoms with van der Waals surface area (Å²) in [5, 5.41) is 11.3. The van der Waals surface area contributed by atoms with Gasteiger partial charge in [0.25, 0.3) is 5.91 Å². The van der Waals surface area contributed by atoms with Crippen molar-refractivity contribution >= 4 is 34.9 Å². The number of carboxylic acid groups (broad SMARTS) is 1. The minimum atomic E-state index is -1.25. The van der Waals surface area contributed by atoms with E-state index in [9.17, 15) is 14.0 Å². The zero-order valence-corrected chi connectivity index (χ0v) is 11.3. The van der Waals surface area contributed by atoms with Crippen molar-refractivity contribution in [2.45, 2.75) is 0 Å². The van der Waals surface area contributed by atoms with Crippen LogP contribution in [-0.2, 0) is 0 Å². The molecule has 0 saturated heterocycles. The lowest BCUT2D eigenvalue weighted by Crippen LogP contribution is -2.13. The average molecular weight is 309 g/mol. The zero-order chi connectivity index (χ0) is 15.6. The SMILES string of the molecule is Nc1ccc(C(=O)Nc2ccc(C(=O)O)cc2F)cc1Cl. The molecule has 21 heavy (non-hydrogen) atoms. The lowest BCUT2D eigenvalue weighted by Gasteiger charge is -2.08. The molecule has 108 valence electrons. The number of halogens is 2. The molecule has 0 aliphatic rings.